The SMILES string of the molecule is CCOCC(=O)OC(CC)C(C)C1OC1CC(C)/C=C/C=C(\C)C1OC(=O)CC(O[Si](C)(C)C(C)(C)C)CCC(C)(O)C(OC(C)=O)/C=C/C1C. The van der Waals surface area contributed by atoms with Crippen LogP contribution in [-0.2, 0) is 42.5 Å². The van der Waals surface area contributed by atoms with E-state index in [1.165, 1.54) is 6.92 Å². The van der Waals surface area contributed by atoms with Gasteiger partial charge in [-0.15, -0.1) is 0 Å². The maximum absolute atomic E-state index is 13.5. The number of rotatable bonds is 15. The van der Waals surface area contributed by atoms with Crippen LogP contribution in [0.4, 0.5) is 0 Å². The van der Waals surface area contributed by atoms with Crippen molar-refractivity contribution in [2.75, 3.05) is 13.2 Å². The van der Waals surface area contributed by atoms with Crippen molar-refractivity contribution in [1.82, 2.24) is 0 Å². The molecule has 0 amide bonds. The van der Waals surface area contributed by atoms with Crippen molar-refractivity contribution in [3.8, 4) is 0 Å². The van der Waals surface area contributed by atoms with Crippen LogP contribution in [0, 0.1) is 17.8 Å². The van der Waals surface area contributed by atoms with Gasteiger partial charge in [-0.3, -0.25) is 9.59 Å². The van der Waals surface area contributed by atoms with Gasteiger partial charge >= 0.3 is 17.9 Å². The zero-order valence-corrected chi connectivity index (χ0v) is 34.7. The van der Waals surface area contributed by atoms with Gasteiger partial charge in [0.05, 0.1) is 24.7 Å². The summed E-state index contributed by atoms with van der Waals surface area (Å²) >= 11 is 0. The number of carbonyl (C=O) groups excluding carboxylic acids is 3. The van der Waals surface area contributed by atoms with Gasteiger partial charge in [-0.05, 0) is 82.2 Å². The van der Waals surface area contributed by atoms with Gasteiger partial charge in [0.1, 0.15) is 30.5 Å². The van der Waals surface area contributed by atoms with Crippen molar-refractivity contribution in [3.63, 3.8) is 0 Å². The zero-order valence-electron chi connectivity index (χ0n) is 33.7. The fourth-order valence-electron chi connectivity index (χ4n) is 6.22. The molecule has 10 nitrogen and oxygen atoms in total. The molecule has 1 N–H and O–H groups in total. The molecule has 0 radical (unpaired) electrons. The van der Waals surface area contributed by atoms with Crippen molar-refractivity contribution in [2.45, 2.75) is 169 Å². The molecule has 2 rings (SSSR count). The third-order valence-electron chi connectivity index (χ3n) is 10.6. The quantitative estimate of drug-likeness (QED) is 0.0447. The van der Waals surface area contributed by atoms with Crippen LogP contribution in [0.5, 0.6) is 0 Å². The smallest absolute Gasteiger partial charge is 0.332 e. The lowest BCUT2D eigenvalue weighted by Crippen LogP contribution is -2.46. The van der Waals surface area contributed by atoms with Crippen molar-refractivity contribution in [1.29, 1.82) is 0 Å². The maximum Gasteiger partial charge on any atom is 0.332 e. The van der Waals surface area contributed by atoms with Crippen LogP contribution in [0.25, 0.3) is 0 Å². The highest BCUT2D eigenvalue weighted by Crippen LogP contribution is 2.39. The van der Waals surface area contributed by atoms with Crippen LogP contribution >= 0.6 is 0 Å². The number of allylic oxidation sites excluding steroid dienone is 3. The normalized spacial score (nSPS) is 30.7. The molecule has 2 aliphatic rings. The summed E-state index contributed by atoms with van der Waals surface area (Å²) in [5.74, 6) is -1.18. The Kier molecular flexibility index (Phi) is 17.3. The van der Waals surface area contributed by atoms with Gasteiger partial charge in [0.25, 0.3) is 0 Å². The van der Waals surface area contributed by atoms with Crippen LogP contribution < -0.4 is 0 Å². The Morgan fingerprint density at radius 1 is 1.16 bits per heavy atom. The van der Waals surface area contributed by atoms with Gasteiger partial charge in [0, 0.05) is 25.4 Å². The average molecular weight is 737 g/mol. The summed E-state index contributed by atoms with van der Waals surface area (Å²) in [6.45, 7) is 26.1. The van der Waals surface area contributed by atoms with E-state index in [4.69, 9.17) is 28.1 Å². The fraction of sp³-hybridized carbons (Fsp3) is 0.775. The highest BCUT2D eigenvalue weighted by Gasteiger charge is 2.46. The standard InChI is InChI=1S/C40H68O10Si/c1-14-32(47-36(43)25-45-15-2)29(6)38-33(48-38)23-26(3)17-16-18-27(4)37-28(5)19-20-34(46-30(7)41)40(11,44)22-21-31(24-35(42)49-37)50-51(12,13)39(8,9)10/h16-20,26,28-29,31-34,37-38,44H,14-15,21-25H2,1-13H3/b17-16+,20-19+,27-18+. The van der Waals surface area contributed by atoms with Gasteiger partial charge in [-0.2, -0.15) is 0 Å². The van der Waals surface area contributed by atoms with E-state index < -0.39 is 38.2 Å². The second-order valence-electron chi connectivity index (χ2n) is 16.4. The predicted octanol–water partition coefficient (Wildman–Crippen LogP) is 7.64. The first kappa shape index (κ1) is 44.8. The molecule has 292 valence electrons. The summed E-state index contributed by atoms with van der Waals surface area (Å²) in [7, 11) is -2.26. The molecule has 2 aliphatic heterocycles. The molecule has 11 heteroatoms. The van der Waals surface area contributed by atoms with Crippen LogP contribution in [0.15, 0.2) is 36.0 Å². The Morgan fingerprint density at radius 3 is 2.41 bits per heavy atom. The lowest BCUT2D eigenvalue weighted by molar-refractivity contribution is -0.158. The summed E-state index contributed by atoms with van der Waals surface area (Å²) in [4.78, 5) is 37.7. The van der Waals surface area contributed by atoms with Gasteiger partial charge in [0.15, 0.2) is 8.32 Å². The minimum atomic E-state index is -2.26. The lowest BCUT2D eigenvalue weighted by Gasteiger charge is -2.40. The first-order valence-electron chi connectivity index (χ1n) is 18.8. The second kappa shape index (κ2) is 19.7. The average Bonchev–Trinajstić information content (AvgIpc) is 3.79. The van der Waals surface area contributed by atoms with E-state index in [9.17, 15) is 19.5 Å². The lowest BCUT2D eigenvalue weighted by atomic mass is 9.88. The Hall–Kier alpha value is -2.31. The monoisotopic (exact) mass is 736 g/mol. The van der Waals surface area contributed by atoms with E-state index in [-0.39, 0.29) is 72.5 Å². The molecule has 51 heavy (non-hydrogen) atoms. The summed E-state index contributed by atoms with van der Waals surface area (Å²) in [6.07, 6.45) is 9.86. The Labute approximate surface area is 308 Å². The Bertz CT molecular complexity index is 1230. The first-order chi connectivity index (χ1) is 23.6. The molecule has 0 aliphatic carbocycles. The van der Waals surface area contributed by atoms with Gasteiger partial charge in [-0.1, -0.05) is 72.8 Å². The highest BCUT2D eigenvalue weighted by molar-refractivity contribution is 6.74. The van der Waals surface area contributed by atoms with E-state index in [1.54, 1.807) is 13.0 Å². The van der Waals surface area contributed by atoms with Crippen molar-refractivity contribution < 1.29 is 47.6 Å². The molecule has 10 atom stereocenters. The number of hydrogen-bond acceptors (Lipinski definition) is 10. The fourth-order valence-corrected chi connectivity index (χ4v) is 7.61. The molecular weight excluding hydrogens is 669 g/mol. The van der Waals surface area contributed by atoms with Crippen LogP contribution in [0.1, 0.15) is 108 Å². The van der Waals surface area contributed by atoms with E-state index >= 15 is 0 Å². The molecule has 0 spiro atoms. The molecule has 1 fully saturated rings. The number of ether oxygens (including phenoxy) is 5. The molecule has 0 bridgehead atoms. The largest absolute Gasteiger partial charge is 0.460 e. The molecule has 1 saturated heterocycles. The Balaban J connectivity index is 2.21. The molecule has 0 saturated carbocycles. The number of aliphatic hydroxyl groups is 1. The molecule has 0 aromatic heterocycles. The van der Waals surface area contributed by atoms with E-state index in [0.29, 0.717) is 19.4 Å². The van der Waals surface area contributed by atoms with Crippen molar-refractivity contribution in [2.24, 2.45) is 17.8 Å². The van der Waals surface area contributed by atoms with Gasteiger partial charge in [-0.25, -0.2) is 4.79 Å². The van der Waals surface area contributed by atoms with E-state index in [1.807, 2.05) is 45.9 Å². The van der Waals surface area contributed by atoms with E-state index in [0.717, 1.165) is 12.0 Å². The van der Waals surface area contributed by atoms with Gasteiger partial charge < -0.3 is 33.2 Å². The summed E-state index contributed by atoms with van der Waals surface area (Å²) in [6, 6.07) is 0. The third-order valence-corrected chi connectivity index (χ3v) is 15.1. The summed E-state index contributed by atoms with van der Waals surface area (Å²) < 4.78 is 35.3. The number of cyclic esters (lactones) is 1. The molecular formula is C40H68O10Si. The van der Waals surface area contributed by atoms with Crippen LogP contribution in [0.2, 0.25) is 18.1 Å². The zero-order chi connectivity index (χ0) is 38.7. The molecule has 10 unspecified atom stereocenters. The summed E-state index contributed by atoms with van der Waals surface area (Å²) in [5, 5.41) is 11.4. The molecule has 0 aromatic carbocycles. The predicted molar refractivity (Wildman–Crippen MR) is 201 cm³/mol. The minimum absolute atomic E-state index is 0.0345. The number of epoxide rings is 1. The van der Waals surface area contributed by atoms with Crippen LogP contribution in [0.3, 0.4) is 0 Å². The number of esters is 3. The highest BCUT2D eigenvalue weighted by atomic mass is 28.4. The van der Waals surface area contributed by atoms with Gasteiger partial charge in [0.2, 0.25) is 0 Å². The van der Waals surface area contributed by atoms with Crippen molar-refractivity contribution >= 4 is 26.2 Å². The number of carbonyl (C=O) groups is 3. The third kappa shape index (κ3) is 14.6. The number of hydrogen-bond donors (Lipinski definition) is 1. The first-order valence-corrected chi connectivity index (χ1v) is 21.7. The minimum Gasteiger partial charge on any atom is -0.460 e. The topological polar surface area (TPSA) is 130 Å². The van der Waals surface area contributed by atoms with Crippen LogP contribution in [-0.4, -0.2) is 86.8 Å². The summed E-state index contributed by atoms with van der Waals surface area (Å²) in [5.41, 5.74) is -0.514. The Morgan fingerprint density at radius 2 is 1.82 bits per heavy atom. The van der Waals surface area contributed by atoms with Crippen molar-refractivity contribution in [3.05, 3.63) is 36.0 Å². The molecule has 2 heterocycles. The maximum atomic E-state index is 13.5. The van der Waals surface area contributed by atoms with E-state index in [2.05, 4.69) is 53.8 Å². The molecule has 0 aromatic rings. The second-order valence-corrected chi connectivity index (χ2v) is 21.1.